The summed E-state index contributed by atoms with van der Waals surface area (Å²) in [5.41, 5.74) is 0.923. The molecule has 1 aromatic heterocycles. The van der Waals surface area contributed by atoms with Gasteiger partial charge in [-0.1, -0.05) is 11.8 Å². The maximum atomic E-state index is 11.4. The third-order valence-corrected chi connectivity index (χ3v) is 3.25. The number of nitrogens with one attached hydrogen (secondary N) is 1. The van der Waals surface area contributed by atoms with Crippen molar-refractivity contribution >= 4 is 23.6 Å². The first-order valence-electron chi connectivity index (χ1n) is 5.68. The fourth-order valence-electron chi connectivity index (χ4n) is 1.45. The highest BCUT2D eigenvalue weighted by molar-refractivity contribution is 7.99. The lowest BCUT2D eigenvalue weighted by Gasteiger charge is -2.08. The third-order valence-electron chi connectivity index (χ3n) is 2.28. The smallest absolute Gasteiger partial charge is 0.313 e. The molecule has 0 saturated heterocycles. The summed E-state index contributed by atoms with van der Waals surface area (Å²) < 4.78 is 1.86. The van der Waals surface area contributed by atoms with Gasteiger partial charge in [0.1, 0.15) is 0 Å². The van der Waals surface area contributed by atoms with Crippen LogP contribution in [0.1, 0.15) is 19.0 Å². The zero-order chi connectivity index (χ0) is 13.5. The van der Waals surface area contributed by atoms with Crippen molar-refractivity contribution in [2.75, 3.05) is 12.3 Å². The van der Waals surface area contributed by atoms with Crippen LogP contribution in [-0.4, -0.2) is 38.8 Å². The number of carboxylic acid groups (broad SMARTS) is 1. The Morgan fingerprint density at radius 1 is 1.56 bits per heavy atom. The Kier molecular flexibility index (Phi) is 5.70. The van der Waals surface area contributed by atoms with E-state index in [2.05, 4.69) is 10.3 Å². The second-order valence-corrected chi connectivity index (χ2v) is 4.66. The molecule has 0 saturated carbocycles. The highest BCUT2D eigenvalue weighted by Gasteiger charge is 2.10. The Labute approximate surface area is 110 Å². The molecule has 0 bridgehead atoms. The van der Waals surface area contributed by atoms with Gasteiger partial charge in [0.25, 0.3) is 0 Å². The zero-order valence-corrected chi connectivity index (χ0v) is 11.3. The second-order valence-electron chi connectivity index (χ2n) is 3.72. The van der Waals surface area contributed by atoms with E-state index in [0.717, 1.165) is 17.5 Å². The normalized spacial score (nSPS) is 10.3. The van der Waals surface area contributed by atoms with Crippen molar-refractivity contribution in [3.8, 4) is 0 Å². The van der Waals surface area contributed by atoms with Gasteiger partial charge < -0.3 is 15.0 Å². The SMILES string of the molecule is CCNC(=O)CCn1c(C)cnc1SCC(=O)O. The van der Waals surface area contributed by atoms with Crippen LogP contribution in [0.5, 0.6) is 0 Å². The van der Waals surface area contributed by atoms with Crippen molar-refractivity contribution in [3.63, 3.8) is 0 Å². The number of aryl methyl sites for hydroxylation is 1. The van der Waals surface area contributed by atoms with Crippen molar-refractivity contribution in [2.24, 2.45) is 0 Å². The summed E-state index contributed by atoms with van der Waals surface area (Å²) in [6.45, 7) is 4.88. The number of imidazole rings is 1. The molecule has 0 unspecified atom stereocenters. The number of hydrogen-bond acceptors (Lipinski definition) is 4. The molecule has 0 aliphatic rings. The molecule has 0 atom stereocenters. The number of aromatic nitrogens is 2. The van der Waals surface area contributed by atoms with E-state index in [1.54, 1.807) is 6.20 Å². The molecule has 6 nitrogen and oxygen atoms in total. The molecule has 0 radical (unpaired) electrons. The molecule has 0 aliphatic heterocycles. The lowest BCUT2D eigenvalue weighted by atomic mass is 10.4. The topological polar surface area (TPSA) is 84.2 Å². The maximum absolute atomic E-state index is 11.4. The molecule has 1 amide bonds. The first-order chi connectivity index (χ1) is 8.54. The molecule has 2 N–H and O–H groups in total. The van der Waals surface area contributed by atoms with Crippen LogP contribution in [0.2, 0.25) is 0 Å². The molecule has 0 aromatic carbocycles. The summed E-state index contributed by atoms with van der Waals surface area (Å²) >= 11 is 1.16. The van der Waals surface area contributed by atoms with Crippen LogP contribution in [0.3, 0.4) is 0 Å². The van der Waals surface area contributed by atoms with E-state index in [1.165, 1.54) is 0 Å². The van der Waals surface area contributed by atoms with Crippen molar-refractivity contribution in [2.45, 2.75) is 32.0 Å². The summed E-state index contributed by atoms with van der Waals surface area (Å²) in [6.07, 6.45) is 2.05. The average Bonchev–Trinajstić information content (AvgIpc) is 2.65. The highest BCUT2D eigenvalue weighted by atomic mass is 32.2. The van der Waals surface area contributed by atoms with Gasteiger partial charge in [-0.3, -0.25) is 9.59 Å². The summed E-state index contributed by atoms with van der Waals surface area (Å²) in [7, 11) is 0. The number of hydrogen-bond donors (Lipinski definition) is 2. The first-order valence-corrected chi connectivity index (χ1v) is 6.66. The van der Waals surface area contributed by atoms with Gasteiger partial charge in [0.05, 0.1) is 5.75 Å². The predicted molar refractivity (Wildman–Crippen MR) is 68.6 cm³/mol. The van der Waals surface area contributed by atoms with Crippen LogP contribution >= 0.6 is 11.8 Å². The quantitative estimate of drug-likeness (QED) is 0.720. The molecule has 1 rings (SSSR count). The van der Waals surface area contributed by atoms with Crippen molar-refractivity contribution < 1.29 is 14.7 Å². The average molecular weight is 271 g/mol. The van der Waals surface area contributed by atoms with Crippen molar-refractivity contribution in [1.82, 2.24) is 14.9 Å². The monoisotopic (exact) mass is 271 g/mol. The number of carbonyl (C=O) groups excluding carboxylic acids is 1. The van der Waals surface area contributed by atoms with Gasteiger partial charge in [0.15, 0.2) is 5.16 Å². The summed E-state index contributed by atoms with van der Waals surface area (Å²) in [4.78, 5) is 26.0. The molecular weight excluding hydrogens is 254 g/mol. The molecule has 0 aliphatic carbocycles. The van der Waals surface area contributed by atoms with Crippen LogP contribution in [-0.2, 0) is 16.1 Å². The van der Waals surface area contributed by atoms with Gasteiger partial charge in [0.2, 0.25) is 5.91 Å². The van der Waals surface area contributed by atoms with Crippen LogP contribution in [0.15, 0.2) is 11.4 Å². The summed E-state index contributed by atoms with van der Waals surface area (Å²) in [5, 5.41) is 12.0. The van der Waals surface area contributed by atoms with E-state index in [4.69, 9.17) is 5.11 Å². The van der Waals surface area contributed by atoms with Crippen LogP contribution in [0, 0.1) is 6.92 Å². The molecule has 7 heteroatoms. The first kappa shape index (κ1) is 14.6. The van der Waals surface area contributed by atoms with Gasteiger partial charge in [-0.05, 0) is 13.8 Å². The van der Waals surface area contributed by atoms with E-state index in [1.807, 2.05) is 18.4 Å². The number of amides is 1. The van der Waals surface area contributed by atoms with Gasteiger partial charge in [-0.25, -0.2) is 4.98 Å². The fraction of sp³-hybridized carbons (Fsp3) is 0.545. The number of nitrogens with zero attached hydrogens (tertiary/aromatic N) is 2. The fourth-order valence-corrected chi connectivity index (χ4v) is 2.22. The standard InChI is InChI=1S/C11H17N3O3S/c1-3-12-9(15)4-5-14-8(2)6-13-11(14)18-7-10(16)17/h6H,3-5,7H2,1-2H3,(H,12,15)(H,16,17). The largest absolute Gasteiger partial charge is 0.481 e. The number of aliphatic carboxylic acids is 1. The molecule has 18 heavy (non-hydrogen) atoms. The second kappa shape index (κ2) is 7.05. The zero-order valence-electron chi connectivity index (χ0n) is 10.5. The molecule has 1 aromatic rings. The van der Waals surface area contributed by atoms with Crippen LogP contribution in [0.25, 0.3) is 0 Å². The van der Waals surface area contributed by atoms with Gasteiger partial charge in [-0.2, -0.15) is 0 Å². The lowest BCUT2D eigenvalue weighted by Crippen LogP contribution is -2.24. The predicted octanol–water partition coefficient (Wildman–Crippen LogP) is 0.894. The van der Waals surface area contributed by atoms with E-state index < -0.39 is 5.97 Å². The van der Waals surface area contributed by atoms with Gasteiger partial charge in [0, 0.05) is 31.4 Å². The van der Waals surface area contributed by atoms with E-state index in [9.17, 15) is 9.59 Å². The Bertz CT molecular complexity index is 431. The van der Waals surface area contributed by atoms with Crippen molar-refractivity contribution in [1.29, 1.82) is 0 Å². The molecule has 0 spiro atoms. The Morgan fingerprint density at radius 2 is 2.28 bits per heavy atom. The highest BCUT2D eigenvalue weighted by Crippen LogP contribution is 2.18. The third kappa shape index (κ3) is 4.40. The van der Waals surface area contributed by atoms with E-state index in [-0.39, 0.29) is 11.7 Å². The minimum atomic E-state index is -0.879. The molecule has 100 valence electrons. The summed E-state index contributed by atoms with van der Waals surface area (Å²) in [5.74, 6) is -0.923. The summed E-state index contributed by atoms with van der Waals surface area (Å²) in [6, 6.07) is 0. The number of thioether (sulfide) groups is 1. The van der Waals surface area contributed by atoms with Crippen molar-refractivity contribution in [3.05, 3.63) is 11.9 Å². The lowest BCUT2D eigenvalue weighted by molar-refractivity contribution is -0.134. The molecular formula is C11H17N3O3S. The molecule has 1 heterocycles. The number of rotatable bonds is 7. The van der Waals surface area contributed by atoms with Gasteiger partial charge in [-0.15, -0.1) is 0 Å². The van der Waals surface area contributed by atoms with E-state index >= 15 is 0 Å². The minimum absolute atomic E-state index is 0.0141. The van der Waals surface area contributed by atoms with Crippen LogP contribution in [0.4, 0.5) is 0 Å². The Hall–Kier alpha value is -1.50. The Morgan fingerprint density at radius 3 is 2.89 bits per heavy atom. The Balaban J connectivity index is 2.60. The van der Waals surface area contributed by atoms with Crippen LogP contribution < -0.4 is 5.32 Å². The van der Waals surface area contributed by atoms with E-state index in [0.29, 0.717) is 24.7 Å². The number of carboxylic acids is 1. The van der Waals surface area contributed by atoms with Gasteiger partial charge >= 0.3 is 5.97 Å². The maximum Gasteiger partial charge on any atom is 0.313 e. The minimum Gasteiger partial charge on any atom is -0.481 e. The molecule has 0 fully saturated rings. The number of carbonyl (C=O) groups is 2.